The highest BCUT2D eigenvalue weighted by molar-refractivity contribution is 5.85. The molecule has 0 atom stereocenters. The standard InChI is InChI=1S/C19H25NO/c21-15-19(11-4-1-5-12-19)14-20-13-17-9-6-8-16-7-2-3-10-18(16)17/h2-3,6-10,20-21H,1,4-5,11-15H2. The Bertz CT molecular complexity index is 582. The van der Waals surface area contributed by atoms with Crippen LogP contribution in [0, 0.1) is 5.41 Å². The molecule has 0 heterocycles. The lowest BCUT2D eigenvalue weighted by molar-refractivity contribution is 0.0811. The van der Waals surface area contributed by atoms with Crippen LogP contribution < -0.4 is 5.32 Å². The lowest BCUT2D eigenvalue weighted by Gasteiger charge is -2.35. The van der Waals surface area contributed by atoms with E-state index in [-0.39, 0.29) is 5.41 Å². The Morgan fingerprint density at radius 3 is 2.52 bits per heavy atom. The molecule has 2 heteroatoms. The van der Waals surface area contributed by atoms with E-state index in [2.05, 4.69) is 47.8 Å². The lowest BCUT2D eigenvalue weighted by Crippen LogP contribution is -2.38. The van der Waals surface area contributed by atoms with E-state index in [1.54, 1.807) is 0 Å². The Morgan fingerprint density at radius 1 is 0.952 bits per heavy atom. The highest BCUT2D eigenvalue weighted by Crippen LogP contribution is 2.35. The molecule has 1 saturated carbocycles. The van der Waals surface area contributed by atoms with Crippen LogP contribution in [0.4, 0.5) is 0 Å². The van der Waals surface area contributed by atoms with E-state index in [1.807, 2.05) is 0 Å². The molecule has 0 radical (unpaired) electrons. The normalized spacial score (nSPS) is 18.0. The van der Waals surface area contributed by atoms with Crippen LogP contribution in [0.3, 0.4) is 0 Å². The molecule has 0 saturated heterocycles. The Kier molecular flexibility index (Phi) is 4.57. The average molecular weight is 283 g/mol. The zero-order valence-electron chi connectivity index (χ0n) is 12.6. The van der Waals surface area contributed by atoms with Gasteiger partial charge in [-0.05, 0) is 29.2 Å². The third kappa shape index (κ3) is 3.28. The fourth-order valence-electron chi connectivity index (χ4n) is 3.60. The van der Waals surface area contributed by atoms with E-state index in [0.29, 0.717) is 6.61 Å². The molecule has 1 aliphatic rings. The van der Waals surface area contributed by atoms with Gasteiger partial charge in [0, 0.05) is 25.1 Å². The van der Waals surface area contributed by atoms with Crippen LogP contribution in [-0.2, 0) is 6.54 Å². The van der Waals surface area contributed by atoms with Gasteiger partial charge in [-0.1, -0.05) is 61.7 Å². The third-order valence-corrected chi connectivity index (χ3v) is 4.95. The Hall–Kier alpha value is -1.38. The first-order valence-electron chi connectivity index (χ1n) is 8.11. The fourth-order valence-corrected chi connectivity index (χ4v) is 3.60. The van der Waals surface area contributed by atoms with Gasteiger partial charge in [-0.15, -0.1) is 0 Å². The van der Waals surface area contributed by atoms with Crippen LogP contribution in [0.2, 0.25) is 0 Å². The highest BCUT2D eigenvalue weighted by Gasteiger charge is 2.30. The van der Waals surface area contributed by atoms with Gasteiger partial charge < -0.3 is 10.4 Å². The summed E-state index contributed by atoms with van der Waals surface area (Å²) in [6.45, 7) is 2.12. The first-order chi connectivity index (χ1) is 10.3. The van der Waals surface area contributed by atoms with Crippen LogP contribution >= 0.6 is 0 Å². The van der Waals surface area contributed by atoms with E-state index >= 15 is 0 Å². The third-order valence-electron chi connectivity index (χ3n) is 4.95. The maximum atomic E-state index is 9.77. The summed E-state index contributed by atoms with van der Waals surface area (Å²) in [6.07, 6.45) is 6.16. The van der Waals surface area contributed by atoms with Crippen LogP contribution in [0.25, 0.3) is 10.8 Å². The molecule has 0 aliphatic heterocycles. The van der Waals surface area contributed by atoms with Gasteiger partial charge in [0.25, 0.3) is 0 Å². The van der Waals surface area contributed by atoms with Gasteiger partial charge in [0.15, 0.2) is 0 Å². The average Bonchev–Trinajstić information content (AvgIpc) is 2.56. The van der Waals surface area contributed by atoms with Crippen molar-refractivity contribution in [1.82, 2.24) is 5.32 Å². The number of hydrogen-bond acceptors (Lipinski definition) is 2. The summed E-state index contributed by atoms with van der Waals surface area (Å²) >= 11 is 0. The molecule has 2 nitrogen and oxygen atoms in total. The van der Waals surface area contributed by atoms with Crippen LogP contribution in [0.5, 0.6) is 0 Å². The minimum absolute atomic E-state index is 0.114. The summed E-state index contributed by atoms with van der Waals surface area (Å²) in [7, 11) is 0. The smallest absolute Gasteiger partial charge is 0.0499 e. The van der Waals surface area contributed by atoms with Crippen molar-refractivity contribution >= 4 is 10.8 Å². The summed E-state index contributed by atoms with van der Waals surface area (Å²) < 4.78 is 0. The van der Waals surface area contributed by atoms with Gasteiger partial charge in [-0.2, -0.15) is 0 Å². The predicted molar refractivity (Wildman–Crippen MR) is 88.3 cm³/mol. The van der Waals surface area contributed by atoms with Crippen LogP contribution in [0.15, 0.2) is 42.5 Å². The Balaban J connectivity index is 1.66. The maximum Gasteiger partial charge on any atom is 0.0499 e. The van der Waals surface area contributed by atoms with Crippen molar-refractivity contribution in [3.63, 3.8) is 0 Å². The number of aliphatic hydroxyl groups is 1. The van der Waals surface area contributed by atoms with Crippen molar-refractivity contribution in [1.29, 1.82) is 0 Å². The monoisotopic (exact) mass is 283 g/mol. The number of benzene rings is 2. The van der Waals surface area contributed by atoms with E-state index in [1.165, 1.54) is 35.6 Å². The number of fused-ring (bicyclic) bond motifs is 1. The molecule has 2 aromatic carbocycles. The minimum atomic E-state index is 0.114. The fraction of sp³-hybridized carbons (Fsp3) is 0.474. The molecule has 1 aliphatic carbocycles. The van der Waals surface area contributed by atoms with Gasteiger partial charge in [-0.3, -0.25) is 0 Å². The predicted octanol–water partition coefficient (Wildman–Crippen LogP) is 3.87. The SMILES string of the molecule is OCC1(CNCc2cccc3ccccc23)CCCCC1. The van der Waals surface area contributed by atoms with Crippen molar-refractivity contribution in [2.45, 2.75) is 38.6 Å². The van der Waals surface area contributed by atoms with Crippen molar-refractivity contribution < 1.29 is 5.11 Å². The molecule has 21 heavy (non-hydrogen) atoms. The first kappa shape index (κ1) is 14.6. The number of nitrogens with one attached hydrogen (secondary N) is 1. The molecule has 0 amide bonds. The second kappa shape index (κ2) is 6.59. The van der Waals surface area contributed by atoms with Crippen molar-refractivity contribution in [3.8, 4) is 0 Å². The van der Waals surface area contributed by atoms with Crippen molar-refractivity contribution in [2.24, 2.45) is 5.41 Å². The molecule has 0 unspecified atom stereocenters. The Morgan fingerprint density at radius 2 is 1.71 bits per heavy atom. The van der Waals surface area contributed by atoms with Gasteiger partial charge in [0.05, 0.1) is 0 Å². The van der Waals surface area contributed by atoms with Gasteiger partial charge in [0.1, 0.15) is 0 Å². The minimum Gasteiger partial charge on any atom is -0.396 e. The van der Waals surface area contributed by atoms with Gasteiger partial charge >= 0.3 is 0 Å². The second-order valence-corrected chi connectivity index (χ2v) is 6.46. The summed E-state index contributed by atoms with van der Waals surface area (Å²) in [5, 5.41) is 16.0. The van der Waals surface area contributed by atoms with Crippen LogP contribution in [0.1, 0.15) is 37.7 Å². The molecule has 0 aromatic heterocycles. The molecule has 2 N–H and O–H groups in total. The number of aliphatic hydroxyl groups excluding tert-OH is 1. The second-order valence-electron chi connectivity index (χ2n) is 6.46. The van der Waals surface area contributed by atoms with E-state index < -0.39 is 0 Å². The topological polar surface area (TPSA) is 32.3 Å². The largest absolute Gasteiger partial charge is 0.396 e. The van der Waals surface area contributed by atoms with E-state index in [4.69, 9.17) is 0 Å². The lowest BCUT2D eigenvalue weighted by atomic mass is 9.74. The molecule has 0 spiro atoms. The van der Waals surface area contributed by atoms with Crippen LogP contribution in [-0.4, -0.2) is 18.3 Å². The highest BCUT2D eigenvalue weighted by atomic mass is 16.3. The maximum absolute atomic E-state index is 9.77. The quantitative estimate of drug-likeness (QED) is 0.873. The van der Waals surface area contributed by atoms with Crippen molar-refractivity contribution in [2.75, 3.05) is 13.2 Å². The van der Waals surface area contributed by atoms with E-state index in [9.17, 15) is 5.11 Å². The number of rotatable bonds is 5. The first-order valence-corrected chi connectivity index (χ1v) is 8.11. The molecule has 1 fully saturated rings. The number of hydrogen-bond donors (Lipinski definition) is 2. The molecular weight excluding hydrogens is 258 g/mol. The molecular formula is C19H25NO. The zero-order valence-corrected chi connectivity index (χ0v) is 12.6. The summed E-state index contributed by atoms with van der Waals surface area (Å²) in [5.41, 5.74) is 1.46. The molecule has 2 aromatic rings. The van der Waals surface area contributed by atoms with E-state index in [0.717, 1.165) is 25.9 Å². The Labute approximate surface area is 127 Å². The zero-order chi connectivity index (χ0) is 14.5. The molecule has 112 valence electrons. The summed E-state index contributed by atoms with van der Waals surface area (Å²) in [5.74, 6) is 0. The van der Waals surface area contributed by atoms with Gasteiger partial charge in [-0.25, -0.2) is 0 Å². The molecule has 3 rings (SSSR count). The summed E-state index contributed by atoms with van der Waals surface area (Å²) in [6, 6.07) is 15.0. The van der Waals surface area contributed by atoms with Crippen molar-refractivity contribution in [3.05, 3.63) is 48.0 Å². The summed E-state index contributed by atoms with van der Waals surface area (Å²) in [4.78, 5) is 0. The van der Waals surface area contributed by atoms with Gasteiger partial charge in [0.2, 0.25) is 0 Å². The molecule has 0 bridgehead atoms.